The first-order chi connectivity index (χ1) is 7.74. The Morgan fingerprint density at radius 2 is 2.00 bits per heavy atom. The lowest BCUT2D eigenvalue weighted by Gasteiger charge is -2.41. The summed E-state index contributed by atoms with van der Waals surface area (Å²) in [5.41, 5.74) is 0. The number of rotatable bonds is 4. The molecule has 1 amide bonds. The number of methoxy groups -OCH3 is 1. The second kappa shape index (κ2) is 7.35. The highest BCUT2D eigenvalue weighted by atomic mass is 127. The molecular formula is C12H22INO2. The summed E-state index contributed by atoms with van der Waals surface area (Å²) in [5, 5.41) is 0. The molecule has 0 unspecified atom stereocenters. The van der Waals surface area contributed by atoms with Crippen LogP contribution in [0, 0.1) is 0 Å². The van der Waals surface area contributed by atoms with Crippen molar-refractivity contribution < 1.29 is 9.53 Å². The van der Waals surface area contributed by atoms with Gasteiger partial charge in [-0.15, -0.1) is 0 Å². The van der Waals surface area contributed by atoms with Crippen LogP contribution in [0.2, 0.25) is 0 Å². The predicted molar refractivity (Wildman–Crippen MR) is 74.1 cm³/mol. The molecule has 0 radical (unpaired) electrons. The van der Waals surface area contributed by atoms with Gasteiger partial charge in [0, 0.05) is 16.5 Å². The van der Waals surface area contributed by atoms with Crippen LogP contribution in [0.4, 0.5) is 4.79 Å². The average Bonchev–Trinajstić information content (AvgIpc) is 2.29. The van der Waals surface area contributed by atoms with E-state index < -0.39 is 0 Å². The Hall–Kier alpha value is 0. The molecule has 0 spiro atoms. The van der Waals surface area contributed by atoms with E-state index in [0.29, 0.717) is 12.1 Å². The van der Waals surface area contributed by atoms with E-state index in [1.807, 2.05) is 4.90 Å². The molecule has 1 fully saturated rings. The molecular weight excluding hydrogens is 317 g/mol. The molecule has 0 saturated carbocycles. The fourth-order valence-corrected chi connectivity index (χ4v) is 3.31. The Morgan fingerprint density at radius 1 is 1.38 bits per heavy atom. The summed E-state index contributed by atoms with van der Waals surface area (Å²) in [6, 6.07) is 0.800. The number of piperidine rings is 1. The maximum atomic E-state index is 11.8. The molecule has 3 nitrogen and oxygen atoms in total. The zero-order chi connectivity index (χ0) is 12.0. The van der Waals surface area contributed by atoms with Crippen LogP contribution in [0.25, 0.3) is 0 Å². The van der Waals surface area contributed by atoms with Crippen LogP contribution in [0.5, 0.6) is 0 Å². The minimum absolute atomic E-state index is 0.131. The average molecular weight is 339 g/mol. The topological polar surface area (TPSA) is 29.5 Å². The molecule has 1 aliphatic rings. The second-order valence-corrected chi connectivity index (χ2v) is 5.46. The number of ether oxygens (including phenoxy) is 1. The van der Waals surface area contributed by atoms with E-state index in [9.17, 15) is 4.79 Å². The third-order valence-corrected chi connectivity index (χ3v) is 3.93. The highest BCUT2D eigenvalue weighted by Crippen LogP contribution is 2.28. The van der Waals surface area contributed by atoms with Crippen molar-refractivity contribution in [1.29, 1.82) is 0 Å². The minimum Gasteiger partial charge on any atom is -0.453 e. The van der Waals surface area contributed by atoms with Gasteiger partial charge in [-0.3, -0.25) is 0 Å². The predicted octanol–water partition coefficient (Wildman–Crippen LogP) is 3.60. The summed E-state index contributed by atoms with van der Waals surface area (Å²) in [7, 11) is 1.49. The maximum absolute atomic E-state index is 11.8. The van der Waals surface area contributed by atoms with Crippen molar-refractivity contribution in [2.24, 2.45) is 0 Å². The quantitative estimate of drug-likeness (QED) is 0.579. The summed E-state index contributed by atoms with van der Waals surface area (Å²) >= 11 is 2.38. The standard InChI is InChI=1S/C12H22INO2/c1-3-5-10-6-4-7-11(8-9-13)14(10)12(15)16-2/h10-11H,3-9H2,1-2H3/t10-,11-/m1/s1. The largest absolute Gasteiger partial charge is 0.453 e. The molecule has 4 heteroatoms. The Kier molecular flexibility index (Phi) is 6.46. The van der Waals surface area contributed by atoms with Gasteiger partial charge in [0.15, 0.2) is 0 Å². The Balaban J connectivity index is 2.71. The summed E-state index contributed by atoms with van der Waals surface area (Å²) in [5.74, 6) is 0. The van der Waals surface area contributed by atoms with Crippen LogP contribution in [0.3, 0.4) is 0 Å². The highest BCUT2D eigenvalue weighted by Gasteiger charge is 2.33. The van der Waals surface area contributed by atoms with Crippen LogP contribution < -0.4 is 0 Å². The van der Waals surface area contributed by atoms with Gasteiger partial charge in [-0.25, -0.2) is 4.79 Å². The molecule has 94 valence electrons. The highest BCUT2D eigenvalue weighted by molar-refractivity contribution is 14.1. The molecule has 0 aromatic carbocycles. The van der Waals surface area contributed by atoms with Gasteiger partial charge in [0.2, 0.25) is 0 Å². The monoisotopic (exact) mass is 339 g/mol. The van der Waals surface area contributed by atoms with Crippen molar-refractivity contribution in [2.75, 3.05) is 11.5 Å². The van der Waals surface area contributed by atoms with Crippen molar-refractivity contribution in [3.63, 3.8) is 0 Å². The van der Waals surface area contributed by atoms with E-state index in [1.54, 1.807) is 0 Å². The number of carbonyl (C=O) groups is 1. The van der Waals surface area contributed by atoms with Crippen molar-refractivity contribution in [2.45, 2.75) is 57.5 Å². The Bertz CT molecular complexity index is 205. The normalized spacial score (nSPS) is 25.6. The van der Waals surface area contributed by atoms with Gasteiger partial charge in [0.05, 0.1) is 7.11 Å². The SMILES string of the molecule is CCC[C@@H]1CCC[C@H](CCI)N1C(=O)OC. The zero-order valence-electron chi connectivity index (χ0n) is 10.2. The van der Waals surface area contributed by atoms with E-state index in [2.05, 4.69) is 29.5 Å². The Morgan fingerprint density at radius 3 is 2.50 bits per heavy atom. The van der Waals surface area contributed by atoms with Gasteiger partial charge in [-0.05, 0) is 32.1 Å². The smallest absolute Gasteiger partial charge is 0.409 e. The first kappa shape index (κ1) is 14.1. The van der Waals surface area contributed by atoms with Crippen LogP contribution >= 0.6 is 22.6 Å². The third-order valence-electron chi connectivity index (χ3n) is 3.31. The van der Waals surface area contributed by atoms with Gasteiger partial charge >= 0.3 is 6.09 Å². The van der Waals surface area contributed by atoms with E-state index in [0.717, 1.165) is 36.5 Å². The Labute approximate surface area is 112 Å². The van der Waals surface area contributed by atoms with E-state index in [-0.39, 0.29) is 6.09 Å². The summed E-state index contributed by atoms with van der Waals surface area (Å²) in [6.07, 6.45) is 6.73. The van der Waals surface area contributed by atoms with Crippen molar-refractivity contribution in [3.8, 4) is 0 Å². The van der Waals surface area contributed by atoms with Crippen LogP contribution in [0.15, 0.2) is 0 Å². The number of alkyl halides is 1. The van der Waals surface area contributed by atoms with Gasteiger partial charge in [0.1, 0.15) is 0 Å². The number of carbonyl (C=O) groups excluding carboxylic acids is 1. The third kappa shape index (κ3) is 3.50. The summed E-state index contributed by atoms with van der Waals surface area (Å²) in [6.45, 7) is 2.18. The van der Waals surface area contributed by atoms with Crippen LogP contribution in [0.1, 0.15) is 45.4 Å². The summed E-state index contributed by atoms with van der Waals surface area (Å²) in [4.78, 5) is 13.8. The summed E-state index contributed by atoms with van der Waals surface area (Å²) < 4.78 is 6.03. The molecule has 0 N–H and O–H groups in total. The van der Waals surface area contributed by atoms with Crippen molar-refractivity contribution >= 4 is 28.7 Å². The first-order valence-electron chi connectivity index (χ1n) is 6.16. The molecule has 1 rings (SSSR count). The van der Waals surface area contributed by atoms with Crippen LogP contribution in [-0.2, 0) is 4.74 Å². The molecule has 0 aromatic heterocycles. The van der Waals surface area contributed by atoms with Crippen molar-refractivity contribution in [1.82, 2.24) is 4.90 Å². The maximum Gasteiger partial charge on any atom is 0.409 e. The fraction of sp³-hybridized carbons (Fsp3) is 0.917. The lowest BCUT2D eigenvalue weighted by atomic mass is 9.92. The molecule has 1 heterocycles. The van der Waals surface area contributed by atoms with Crippen LogP contribution in [-0.4, -0.2) is 34.6 Å². The van der Waals surface area contributed by atoms with Crippen molar-refractivity contribution in [3.05, 3.63) is 0 Å². The number of hydrogen-bond acceptors (Lipinski definition) is 2. The minimum atomic E-state index is -0.131. The molecule has 0 bridgehead atoms. The molecule has 0 aromatic rings. The number of nitrogens with zero attached hydrogens (tertiary/aromatic N) is 1. The molecule has 2 atom stereocenters. The van der Waals surface area contributed by atoms with E-state index in [4.69, 9.17) is 4.74 Å². The molecule has 0 aliphatic carbocycles. The number of hydrogen-bond donors (Lipinski definition) is 0. The number of halogens is 1. The lowest BCUT2D eigenvalue weighted by molar-refractivity contribution is 0.0544. The fourth-order valence-electron chi connectivity index (χ4n) is 2.59. The van der Waals surface area contributed by atoms with Gasteiger partial charge in [-0.2, -0.15) is 0 Å². The zero-order valence-corrected chi connectivity index (χ0v) is 12.4. The number of likely N-dealkylation sites (tertiary alicyclic amines) is 1. The molecule has 16 heavy (non-hydrogen) atoms. The molecule has 1 saturated heterocycles. The number of amides is 1. The second-order valence-electron chi connectivity index (χ2n) is 4.38. The molecule has 1 aliphatic heterocycles. The van der Waals surface area contributed by atoms with Gasteiger partial charge < -0.3 is 9.64 Å². The van der Waals surface area contributed by atoms with E-state index >= 15 is 0 Å². The van der Waals surface area contributed by atoms with Gasteiger partial charge in [-0.1, -0.05) is 35.9 Å². The lowest BCUT2D eigenvalue weighted by Crippen LogP contribution is -2.50. The first-order valence-corrected chi connectivity index (χ1v) is 7.69. The van der Waals surface area contributed by atoms with E-state index in [1.165, 1.54) is 13.5 Å². The van der Waals surface area contributed by atoms with Gasteiger partial charge in [0.25, 0.3) is 0 Å².